The van der Waals surface area contributed by atoms with E-state index in [1.165, 1.54) is 0 Å². The lowest BCUT2D eigenvalue weighted by molar-refractivity contribution is -0.126. The van der Waals surface area contributed by atoms with Gasteiger partial charge in [-0.2, -0.15) is 0 Å². The number of carbonyl (C=O) groups excluding carboxylic acids is 2. The molecule has 6 atom stereocenters. The summed E-state index contributed by atoms with van der Waals surface area (Å²) in [6, 6.07) is 8.32. The number of rotatable bonds is 9. The number of hydrogen-bond donors (Lipinski definition) is 8. The second kappa shape index (κ2) is 12.8. The quantitative estimate of drug-likeness (QED) is 0.106. The van der Waals surface area contributed by atoms with Crippen LogP contribution >= 0.6 is 7.60 Å². The molecular weight excluding hydrogens is 547 g/mol. The molecule has 0 radical (unpaired) electrons. The Morgan fingerprint density at radius 1 is 1.18 bits per heavy atom. The Bertz CT molecular complexity index is 1360. The zero-order valence-corrected chi connectivity index (χ0v) is 22.9. The number of aliphatic imine (C=N–C) groups is 1. The number of aliphatic hydroxyl groups is 3. The maximum absolute atomic E-state index is 13.0. The second-order valence-corrected chi connectivity index (χ2v) is 10.8. The monoisotopic (exact) mass is 580 g/mol. The first-order valence-electron chi connectivity index (χ1n) is 12.2. The number of nitrogens with one attached hydrogen (secondary N) is 2. The van der Waals surface area contributed by atoms with Crippen molar-refractivity contribution in [3.63, 3.8) is 0 Å². The van der Waals surface area contributed by atoms with E-state index in [1.807, 2.05) is 24.3 Å². The van der Waals surface area contributed by atoms with E-state index in [-0.39, 0.29) is 0 Å². The maximum atomic E-state index is 13.0. The molecule has 1 aliphatic heterocycles. The predicted molar refractivity (Wildman–Crippen MR) is 144 cm³/mol. The van der Waals surface area contributed by atoms with E-state index in [0.29, 0.717) is 11.3 Å². The van der Waals surface area contributed by atoms with Crippen molar-refractivity contribution in [2.45, 2.75) is 50.2 Å². The fraction of sp³-hybridized carbons (Fsp3) is 0.400. The highest BCUT2D eigenvalue weighted by Gasteiger charge is 2.45. The molecule has 0 saturated heterocycles. The fourth-order valence-electron chi connectivity index (χ4n) is 4.21. The van der Waals surface area contributed by atoms with Gasteiger partial charge in [-0.15, -0.1) is 0 Å². The number of ether oxygens (including phenoxy) is 2. The third kappa shape index (κ3) is 7.36. The van der Waals surface area contributed by atoms with Crippen molar-refractivity contribution in [1.82, 2.24) is 10.6 Å². The molecule has 15 heteroatoms. The van der Waals surface area contributed by atoms with Crippen molar-refractivity contribution in [2.75, 3.05) is 13.7 Å². The first kappa shape index (κ1) is 31.0. The minimum atomic E-state index is -5.04. The zero-order chi connectivity index (χ0) is 29.8. The van der Waals surface area contributed by atoms with Gasteiger partial charge < -0.3 is 45.6 Å². The van der Waals surface area contributed by atoms with Crippen LogP contribution in [-0.2, 0) is 18.9 Å². The molecule has 9 N–H and O–H groups in total. The van der Waals surface area contributed by atoms with E-state index in [4.69, 9.17) is 15.2 Å². The molecule has 3 rings (SSSR count). The fourth-order valence-corrected chi connectivity index (χ4v) is 4.81. The normalized spacial score (nSPS) is 21.9. The standard InChI is InChI=1S/C25H33N4O10P/c1-12(14-4-5-16-9-17(38-3)7-6-15(16)8-14)24(34)29-25(26)28-18-10-20(40(35,36)37)39-23(21(18)27-13(2)31)22(33)19(32)11-30/h4-10,12,18-19,21-23,30,32-33H,11H2,1-3H3,(H,27,31)(H2,35,36,37)(H3,26,28,29,34)/t12-,18-,19+,21+,22+,23+/m0/s1. The summed E-state index contributed by atoms with van der Waals surface area (Å²) in [5.41, 5.74) is 5.76. The molecule has 2 aromatic carbocycles. The van der Waals surface area contributed by atoms with Crippen LogP contribution in [0, 0.1) is 0 Å². The third-order valence-corrected chi connectivity index (χ3v) is 7.20. The number of amides is 2. The first-order chi connectivity index (χ1) is 18.7. The van der Waals surface area contributed by atoms with E-state index < -0.39 is 73.8 Å². The third-order valence-electron chi connectivity index (χ3n) is 6.37. The number of fused-ring (bicyclic) bond motifs is 1. The number of carbonyl (C=O) groups is 2. The number of aliphatic hydroxyl groups excluding tert-OH is 3. The molecule has 0 fully saturated rings. The lowest BCUT2D eigenvalue weighted by Gasteiger charge is -2.39. The SMILES string of the molecule is COc1ccc2cc([C@H](C)C(=O)NC(N)=N[C@H]3C=C(P(=O)(O)O)O[C@@H]([C@H](O)[C@H](O)CO)[C@@H]3NC(C)=O)ccc2c1. The van der Waals surface area contributed by atoms with E-state index in [1.54, 1.807) is 26.2 Å². The summed E-state index contributed by atoms with van der Waals surface area (Å²) in [5.74, 6) is -1.60. The highest BCUT2D eigenvalue weighted by atomic mass is 31.2. The average Bonchev–Trinajstić information content (AvgIpc) is 2.90. The molecule has 0 aliphatic carbocycles. The van der Waals surface area contributed by atoms with Crippen LogP contribution in [0.4, 0.5) is 0 Å². The van der Waals surface area contributed by atoms with E-state index in [0.717, 1.165) is 23.8 Å². The van der Waals surface area contributed by atoms with Crippen LogP contribution in [0.1, 0.15) is 25.3 Å². The van der Waals surface area contributed by atoms with Gasteiger partial charge >= 0.3 is 7.60 Å². The molecule has 1 aliphatic rings. The molecule has 40 heavy (non-hydrogen) atoms. The average molecular weight is 581 g/mol. The van der Waals surface area contributed by atoms with Crippen molar-refractivity contribution in [2.24, 2.45) is 10.7 Å². The molecular formula is C25H33N4O10P. The highest BCUT2D eigenvalue weighted by molar-refractivity contribution is 7.56. The number of nitrogens with two attached hydrogens (primary N) is 1. The highest BCUT2D eigenvalue weighted by Crippen LogP contribution is 2.48. The van der Waals surface area contributed by atoms with Gasteiger partial charge in [-0.25, -0.2) is 4.99 Å². The summed E-state index contributed by atoms with van der Waals surface area (Å²) in [5, 5.41) is 36.3. The molecule has 0 bridgehead atoms. The lowest BCUT2D eigenvalue weighted by Crippen LogP contribution is -2.59. The summed E-state index contributed by atoms with van der Waals surface area (Å²) in [7, 11) is -3.48. The minimum Gasteiger partial charge on any atom is -0.497 e. The van der Waals surface area contributed by atoms with Crippen molar-refractivity contribution < 1.29 is 48.7 Å². The first-order valence-corrected chi connectivity index (χ1v) is 13.8. The van der Waals surface area contributed by atoms with Crippen molar-refractivity contribution in [3.05, 3.63) is 53.5 Å². The number of methoxy groups -OCH3 is 1. The summed E-state index contributed by atoms with van der Waals surface area (Å²) in [6.07, 6.45) is -4.41. The van der Waals surface area contributed by atoms with Gasteiger partial charge in [0.25, 0.3) is 0 Å². The molecule has 14 nitrogen and oxygen atoms in total. The zero-order valence-electron chi connectivity index (χ0n) is 22.0. The van der Waals surface area contributed by atoms with Gasteiger partial charge in [0.05, 0.1) is 31.7 Å². The molecule has 0 saturated carbocycles. The second-order valence-electron chi connectivity index (χ2n) is 9.29. The Balaban J connectivity index is 1.89. The summed E-state index contributed by atoms with van der Waals surface area (Å²) >= 11 is 0. The largest absolute Gasteiger partial charge is 0.497 e. The summed E-state index contributed by atoms with van der Waals surface area (Å²) in [4.78, 5) is 48.4. The molecule has 0 aromatic heterocycles. The van der Waals surface area contributed by atoms with Crippen molar-refractivity contribution >= 4 is 36.1 Å². The number of nitrogens with zero attached hydrogens (tertiary/aromatic N) is 1. The van der Waals surface area contributed by atoms with Crippen molar-refractivity contribution in [3.8, 4) is 5.75 Å². The van der Waals surface area contributed by atoms with E-state index in [2.05, 4.69) is 15.6 Å². The minimum absolute atomic E-state index is 0.443. The Morgan fingerprint density at radius 2 is 1.82 bits per heavy atom. The van der Waals surface area contributed by atoms with Gasteiger partial charge in [-0.05, 0) is 41.5 Å². The van der Waals surface area contributed by atoms with Crippen LogP contribution in [0.15, 0.2) is 53.0 Å². The van der Waals surface area contributed by atoms with Gasteiger partial charge in [0.2, 0.25) is 17.3 Å². The van der Waals surface area contributed by atoms with Crippen LogP contribution < -0.4 is 21.1 Å². The number of hydrogen-bond acceptors (Lipinski definition) is 9. The molecule has 1 heterocycles. The Labute approximate surface area is 229 Å². The molecule has 0 spiro atoms. The topological polar surface area (TPSA) is 233 Å². The van der Waals surface area contributed by atoms with Gasteiger partial charge in [-0.1, -0.05) is 24.3 Å². The van der Waals surface area contributed by atoms with Gasteiger partial charge in [0.15, 0.2) is 12.1 Å². The molecule has 218 valence electrons. The number of guanidine groups is 1. The Kier molecular flexibility index (Phi) is 9.90. The Hall–Kier alpha value is -3.52. The van der Waals surface area contributed by atoms with Crippen LogP contribution in [0.2, 0.25) is 0 Å². The van der Waals surface area contributed by atoms with E-state index in [9.17, 15) is 39.3 Å². The van der Waals surface area contributed by atoms with E-state index >= 15 is 0 Å². The Morgan fingerprint density at radius 3 is 2.42 bits per heavy atom. The smallest absolute Gasteiger partial charge is 0.390 e. The van der Waals surface area contributed by atoms with Crippen LogP contribution in [0.5, 0.6) is 5.75 Å². The predicted octanol–water partition coefficient (Wildman–Crippen LogP) is -0.612. The molecule has 2 amide bonds. The van der Waals surface area contributed by atoms with Crippen LogP contribution in [0.25, 0.3) is 10.8 Å². The van der Waals surface area contributed by atoms with Crippen molar-refractivity contribution in [1.29, 1.82) is 0 Å². The number of benzene rings is 2. The van der Waals surface area contributed by atoms with Gasteiger partial charge in [-0.3, -0.25) is 19.5 Å². The van der Waals surface area contributed by atoms with Gasteiger partial charge in [0, 0.05) is 6.92 Å². The maximum Gasteiger partial charge on any atom is 0.390 e. The molecule has 2 aromatic rings. The van der Waals surface area contributed by atoms with Crippen LogP contribution in [0.3, 0.4) is 0 Å². The van der Waals surface area contributed by atoms with Gasteiger partial charge in [0.1, 0.15) is 18.0 Å². The molecule has 0 unspecified atom stereocenters. The lowest BCUT2D eigenvalue weighted by atomic mass is 9.93. The summed E-state index contributed by atoms with van der Waals surface area (Å²) < 4.78 is 22.4. The van der Waals surface area contributed by atoms with Crippen LogP contribution in [-0.4, -0.2) is 87.0 Å². The summed E-state index contributed by atoms with van der Waals surface area (Å²) in [6.45, 7) is 1.88.